The molecule has 2 aromatic heterocycles. The molecule has 2 atom stereocenters. The smallest absolute Gasteiger partial charge is 0.410 e. The number of ether oxygens (including phenoxy) is 2. The van der Waals surface area contributed by atoms with E-state index in [4.69, 9.17) is 26.3 Å². The van der Waals surface area contributed by atoms with Gasteiger partial charge < -0.3 is 19.7 Å². The van der Waals surface area contributed by atoms with E-state index in [2.05, 4.69) is 27.5 Å². The van der Waals surface area contributed by atoms with Crippen LogP contribution in [0.5, 0.6) is 5.75 Å². The van der Waals surface area contributed by atoms with Crippen molar-refractivity contribution in [3.05, 3.63) is 106 Å². The number of fused-ring (bicyclic) bond motifs is 1. The molecule has 1 fully saturated rings. The summed E-state index contributed by atoms with van der Waals surface area (Å²) in [4.78, 5) is 42.4. The van der Waals surface area contributed by atoms with E-state index in [1.807, 2.05) is 75.0 Å². The molecule has 52 heavy (non-hydrogen) atoms. The highest BCUT2D eigenvalue weighted by Gasteiger charge is 2.30. The van der Waals surface area contributed by atoms with Gasteiger partial charge in [-0.05, 0) is 82.3 Å². The van der Waals surface area contributed by atoms with Crippen LogP contribution >= 0.6 is 11.6 Å². The number of benzene rings is 2. The van der Waals surface area contributed by atoms with E-state index in [9.17, 15) is 14.4 Å². The zero-order valence-electron chi connectivity index (χ0n) is 29.8. The number of carbonyl (C=O) groups excluding carboxylic acids is 3. The Hall–Kier alpha value is -5.47. The Kier molecular flexibility index (Phi) is 12.5. The molecule has 0 saturated carbocycles. The molecule has 0 radical (unpaired) electrons. The molecule has 1 saturated heterocycles. The monoisotopic (exact) mass is 722 g/mol. The number of amides is 2. The van der Waals surface area contributed by atoms with Crippen molar-refractivity contribution < 1.29 is 23.9 Å². The second-order valence-corrected chi connectivity index (χ2v) is 14.2. The first kappa shape index (κ1) is 37.8. The van der Waals surface area contributed by atoms with Gasteiger partial charge in [0.2, 0.25) is 5.91 Å². The van der Waals surface area contributed by atoms with E-state index in [1.165, 1.54) is 6.20 Å². The Morgan fingerprint density at radius 2 is 2.02 bits per heavy atom. The lowest BCUT2D eigenvalue weighted by Crippen LogP contribution is -2.48. The summed E-state index contributed by atoms with van der Waals surface area (Å²) in [5.41, 5.74) is 3.47. The van der Waals surface area contributed by atoms with Crippen molar-refractivity contribution in [1.82, 2.24) is 25.0 Å². The summed E-state index contributed by atoms with van der Waals surface area (Å²) >= 11 is 6.61. The topological polar surface area (TPSA) is 139 Å². The molecule has 1 N–H and O–H groups in total. The number of allylic oxidation sites excluding steroid dienone is 3. The van der Waals surface area contributed by atoms with Gasteiger partial charge in [-0.1, -0.05) is 48.0 Å². The Labute approximate surface area is 308 Å². The molecule has 4 aromatic rings. The molecule has 270 valence electrons. The normalized spacial score (nSPS) is 15.2. The fourth-order valence-corrected chi connectivity index (χ4v) is 6.16. The van der Waals surface area contributed by atoms with Crippen LogP contribution in [0.4, 0.5) is 4.79 Å². The van der Waals surface area contributed by atoms with Crippen LogP contribution in [0.2, 0.25) is 5.02 Å². The lowest BCUT2D eigenvalue weighted by molar-refractivity contribution is -0.119. The summed E-state index contributed by atoms with van der Waals surface area (Å²) in [5.74, 6) is 0.391. The third-order valence-corrected chi connectivity index (χ3v) is 8.95. The van der Waals surface area contributed by atoms with Gasteiger partial charge in [0.1, 0.15) is 24.0 Å². The third kappa shape index (κ3) is 10.1. The molecule has 12 heteroatoms. The van der Waals surface area contributed by atoms with Gasteiger partial charge in [0, 0.05) is 53.4 Å². The maximum absolute atomic E-state index is 13.0. The Balaban J connectivity index is 1.22. The minimum atomic E-state index is -0.612. The number of pyridine rings is 1. The maximum atomic E-state index is 13.0. The van der Waals surface area contributed by atoms with Crippen LogP contribution in [0.25, 0.3) is 17.0 Å². The number of carbonyl (C=O) groups is 3. The quantitative estimate of drug-likeness (QED) is 0.103. The number of aromatic nitrogens is 3. The molecule has 11 nitrogen and oxygen atoms in total. The molecular formula is C40H43ClN6O5. The van der Waals surface area contributed by atoms with E-state index in [0.717, 1.165) is 34.9 Å². The first-order valence-electron chi connectivity index (χ1n) is 17.2. The van der Waals surface area contributed by atoms with E-state index < -0.39 is 5.60 Å². The molecule has 2 amide bonds. The van der Waals surface area contributed by atoms with Gasteiger partial charge in [0.15, 0.2) is 6.29 Å². The second kappa shape index (κ2) is 17.2. The lowest BCUT2D eigenvalue weighted by Gasteiger charge is -2.33. The third-order valence-electron chi connectivity index (χ3n) is 8.60. The van der Waals surface area contributed by atoms with Gasteiger partial charge >= 0.3 is 6.09 Å². The predicted octanol–water partition coefficient (Wildman–Crippen LogP) is 7.65. The Morgan fingerprint density at radius 3 is 2.75 bits per heavy atom. The summed E-state index contributed by atoms with van der Waals surface area (Å²) in [6, 6.07) is 12.9. The van der Waals surface area contributed by atoms with Crippen LogP contribution in [0, 0.1) is 11.3 Å². The molecule has 0 spiro atoms. The van der Waals surface area contributed by atoms with Gasteiger partial charge in [0.25, 0.3) is 0 Å². The molecule has 1 unspecified atom stereocenters. The van der Waals surface area contributed by atoms with Crippen molar-refractivity contribution >= 4 is 46.9 Å². The van der Waals surface area contributed by atoms with Crippen molar-refractivity contribution in [2.75, 3.05) is 6.54 Å². The van der Waals surface area contributed by atoms with Gasteiger partial charge in [-0.2, -0.15) is 10.4 Å². The second-order valence-electron chi connectivity index (χ2n) is 13.8. The highest BCUT2D eigenvalue weighted by Crippen LogP contribution is 2.29. The van der Waals surface area contributed by atoms with Crippen LogP contribution in [0.3, 0.4) is 0 Å². The number of hydrogen-bond donors (Lipinski definition) is 1. The molecule has 5 rings (SSSR count). The zero-order valence-corrected chi connectivity index (χ0v) is 30.6. The van der Waals surface area contributed by atoms with Crippen LogP contribution in [0.1, 0.15) is 86.0 Å². The molecular weight excluding hydrogens is 680 g/mol. The standard InChI is InChI=1S/C40H43ClN6O5/c1-27(46(39(50)52-40(2,3)4)24-33-14-15-38(49)45-33)10-7-5-6-8-11-30-12-9-13-36-34(30)22-44-47(36)23-31-18-37(32(25-48)17-35(31)41)51-26-29-16-28(19-42)20-43-21-29/h5-6,8-9,11-13,16-18,20-22,25,27,33H,7,10,14-15,23-24,26H2,1-4H3,(H,45,49)/b6-5-,11-8+/t27?,33-/m0/s1. The lowest BCUT2D eigenvalue weighted by atomic mass is 10.1. The molecule has 1 aliphatic heterocycles. The van der Waals surface area contributed by atoms with E-state index >= 15 is 0 Å². The van der Waals surface area contributed by atoms with Crippen molar-refractivity contribution in [1.29, 1.82) is 5.26 Å². The highest BCUT2D eigenvalue weighted by atomic mass is 35.5. The van der Waals surface area contributed by atoms with Crippen LogP contribution in [-0.2, 0) is 22.7 Å². The summed E-state index contributed by atoms with van der Waals surface area (Å²) in [6.45, 7) is 8.46. The Bertz CT molecular complexity index is 2020. The van der Waals surface area contributed by atoms with E-state index in [-0.39, 0.29) is 30.7 Å². The van der Waals surface area contributed by atoms with Gasteiger partial charge in [0.05, 0.1) is 29.4 Å². The van der Waals surface area contributed by atoms with Gasteiger partial charge in [-0.25, -0.2) is 4.79 Å². The fourth-order valence-electron chi connectivity index (χ4n) is 5.93. The van der Waals surface area contributed by atoms with Gasteiger partial charge in [-0.3, -0.25) is 19.3 Å². The zero-order chi connectivity index (χ0) is 37.3. The fraction of sp³-hybridized carbons (Fsp3) is 0.350. The van der Waals surface area contributed by atoms with Gasteiger partial charge in [-0.15, -0.1) is 0 Å². The summed E-state index contributed by atoms with van der Waals surface area (Å²) < 4.78 is 13.5. The number of aldehydes is 1. The predicted molar refractivity (Wildman–Crippen MR) is 200 cm³/mol. The van der Waals surface area contributed by atoms with Crippen LogP contribution < -0.4 is 10.1 Å². The van der Waals surface area contributed by atoms with Crippen molar-refractivity contribution in [2.24, 2.45) is 0 Å². The van der Waals surface area contributed by atoms with E-state index in [0.29, 0.717) is 59.7 Å². The average Bonchev–Trinajstić information content (AvgIpc) is 3.73. The summed E-state index contributed by atoms with van der Waals surface area (Å²) in [7, 11) is 0. The number of rotatable bonds is 14. The molecule has 3 heterocycles. The van der Waals surface area contributed by atoms with Crippen molar-refractivity contribution in [3.8, 4) is 11.8 Å². The molecule has 1 aliphatic rings. The Morgan fingerprint density at radius 1 is 1.19 bits per heavy atom. The van der Waals surface area contributed by atoms with Crippen molar-refractivity contribution in [2.45, 2.75) is 84.2 Å². The minimum absolute atomic E-state index is 0.0178. The molecule has 2 aromatic carbocycles. The van der Waals surface area contributed by atoms with E-state index in [1.54, 1.807) is 29.3 Å². The van der Waals surface area contributed by atoms with Crippen LogP contribution in [-0.4, -0.2) is 62.2 Å². The maximum Gasteiger partial charge on any atom is 0.410 e. The summed E-state index contributed by atoms with van der Waals surface area (Å²) in [5, 5.41) is 18.1. The molecule has 0 bridgehead atoms. The number of halogens is 1. The first-order valence-corrected chi connectivity index (χ1v) is 17.6. The summed E-state index contributed by atoms with van der Waals surface area (Å²) in [6.07, 6.45) is 16.0. The minimum Gasteiger partial charge on any atom is -0.488 e. The number of nitrogens with one attached hydrogen (secondary N) is 1. The number of nitrogens with zero attached hydrogens (tertiary/aromatic N) is 5. The average molecular weight is 723 g/mol. The SMILES string of the molecule is CC(CC/C=C\C=C\c1cccc2c1cnn2Cc1cc(OCc2cncc(C#N)c2)c(C=O)cc1Cl)N(C[C@@H]1CCC(=O)N1)C(=O)OC(C)(C)C. The molecule has 0 aliphatic carbocycles. The largest absolute Gasteiger partial charge is 0.488 e. The number of hydrogen-bond acceptors (Lipinski definition) is 8. The van der Waals surface area contributed by atoms with Crippen molar-refractivity contribution in [3.63, 3.8) is 0 Å². The highest BCUT2D eigenvalue weighted by molar-refractivity contribution is 6.31. The first-order chi connectivity index (χ1) is 24.9. The number of nitriles is 1. The van der Waals surface area contributed by atoms with Crippen LogP contribution in [0.15, 0.2) is 73.2 Å².